The van der Waals surface area contributed by atoms with Crippen LogP contribution in [0.15, 0.2) is 47.1 Å². The van der Waals surface area contributed by atoms with E-state index < -0.39 is 5.91 Å². The van der Waals surface area contributed by atoms with Gasteiger partial charge in [-0.2, -0.15) is 5.10 Å². The first-order chi connectivity index (χ1) is 15.3. The average Bonchev–Trinajstić information content (AvgIpc) is 2.77. The lowest BCUT2D eigenvalue weighted by molar-refractivity contribution is -0.120. The molecule has 0 atom stereocenters. The van der Waals surface area contributed by atoms with Crippen LogP contribution in [0, 0.1) is 0 Å². The molecule has 10 heteroatoms. The zero-order valence-corrected chi connectivity index (χ0v) is 18.3. The summed E-state index contributed by atoms with van der Waals surface area (Å²) in [5.41, 5.74) is 9.21. The number of hydrazone groups is 1. The number of nitrogens with one attached hydrogen (secondary N) is 1. The molecule has 0 spiro atoms. The lowest BCUT2D eigenvalue weighted by atomic mass is 9.99. The Labute approximate surface area is 186 Å². The molecule has 0 saturated carbocycles. The van der Waals surface area contributed by atoms with Crippen molar-refractivity contribution in [3.63, 3.8) is 0 Å². The summed E-state index contributed by atoms with van der Waals surface area (Å²) in [6.45, 7) is 7.42. The van der Waals surface area contributed by atoms with E-state index in [1.165, 1.54) is 23.4 Å². The number of nitrogen functional groups attached to an aromatic ring is 1. The maximum absolute atomic E-state index is 12.4. The van der Waals surface area contributed by atoms with E-state index in [9.17, 15) is 9.59 Å². The number of rotatable bonds is 10. The van der Waals surface area contributed by atoms with Gasteiger partial charge in [0.05, 0.1) is 6.21 Å². The lowest BCUT2D eigenvalue weighted by Gasteiger charge is -2.19. The Balaban J connectivity index is 2.10. The van der Waals surface area contributed by atoms with Crippen molar-refractivity contribution in [3.05, 3.63) is 48.2 Å². The Morgan fingerprint density at radius 2 is 2.16 bits per heavy atom. The summed E-state index contributed by atoms with van der Waals surface area (Å²) in [5.74, 6) is 5.16. The van der Waals surface area contributed by atoms with Crippen molar-refractivity contribution in [1.29, 1.82) is 0 Å². The van der Waals surface area contributed by atoms with E-state index in [1.807, 2.05) is 19.9 Å². The van der Waals surface area contributed by atoms with Crippen LogP contribution in [-0.2, 0) is 9.63 Å². The van der Waals surface area contributed by atoms with Gasteiger partial charge in [0, 0.05) is 41.5 Å². The van der Waals surface area contributed by atoms with Gasteiger partial charge in [-0.05, 0) is 43.2 Å². The third kappa shape index (κ3) is 6.22. The first-order valence-corrected chi connectivity index (χ1v) is 9.77. The van der Waals surface area contributed by atoms with E-state index in [2.05, 4.69) is 27.0 Å². The highest BCUT2D eigenvalue weighted by Crippen LogP contribution is 2.28. The zero-order valence-electron chi connectivity index (χ0n) is 18.3. The standard InChI is InChI=1S/C22H27N7O3/c1-5-15(3)27-19-7-6-8-25-22(19)29(4)32-13-20(31)28-17-9-16(12-30)21(18(23)10-17)14(2)11-26-24/h6-12H,2,5,13,23-24H2,1,3-4H3,(H,28,31)/b26-11-,27-15?. The number of aldehydes is 1. The van der Waals surface area contributed by atoms with Gasteiger partial charge in [0.2, 0.25) is 0 Å². The first-order valence-electron chi connectivity index (χ1n) is 9.77. The number of aliphatic imine (C=N–C) groups is 1. The molecule has 0 saturated heterocycles. The largest absolute Gasteiger partial charge is 0.398 e. The SMILES string of the molecule is C=C(/C=N\N)c1c(N)cc(NC(=O)CON(C)c2ncccc2N=C(C)CC)cc1C=O. The normalized spacial score (nSPS) is 11.4. The quantitative estimate of drug-likeness (QED) is 0.170. The summed E-state index contributed by atoms with van der Waals surface area (Å²) in [4.78, 5) is 38.2. The van der Waals surface area contributed by atoms with Crippen molar-refractivity contribution in [3.8, 4) is 0 Å². The van der Waals surface area contributed by atoms with E-state index >= 15 is 0 Å². The van der Waals surface area contributed by atoms with Crippen molar-refractivity contribution < 1.29 is 14.4 Å². The fraction of sp³-hybridized carbons (Fsp3) is 0.227. The second-order valence-corrected chi connectivity index (χ2v) is 6.82. The summed E-state index contributed by atoms with van der Waals surface area (Å²) in [6, 6.07) is 6.59. The number of carbonyl (C=O) groups is 2. The van der Waals surface area contributed by atoms with Gasteiger partial charge < -0.3 is 16.9 Å². The molecular formula is C22H27N7O3. The van der Waals surface area contributed by atoms with Gasteiger partial charge in [-0.25, -0.2) is 10.0 Å². The monoisotopic (exact) mass is 437 g/mol. The van der Waals surface area contributed by atoms with Crippen molar-refractivity contribution in [2.75, 3.05) is 29.8 Å². The molecule has 10 nitrogen and oxygen atoms in total. The van der Waals surface area contributed by atoms with Crippen LogP contribution in [0.1, 0.15) is 36.2 Å². The summed E-state index contributed by atoms with van der Waals surface area (Å²) in [6.07, 6.45) is 4.32. The van der Waals surface area contributed by atoms with Crippen molar-refractivity contribution >= 4 is 52.6 Å². The lowest BCUT2D eigenvalue weighted by Crippen LogP contribution is -2.27. The van der Waals surface area contributed by atoms with Gasteiger partial charge in [0.1, 0.15) is 5.69 Å². The Bertz CT molecular complexity index is 1060. The zero-order chi connectivity index (χ0) is 23.7. The molecule has 2 rings (SSSR count). The van der Waals surface area contributed by atoms with Crippen LogP contribution in [-0.4, -0.2) is 42.8 Å². The second kappa shape index (κ2) is 11.4. The van der Waals surface area contributed by atoms with E-state index in [-0.39, 0.29) is 17.9 Å². The summed E-state index contributed by atoms with van der Waals surface area (Å²) in [7, 11) is 1.64. The summed E-state index contributed by atoms with van der Waals surface area (Å²) < 4.78 is 0. The van der Waals surface area contributed by atoms with Crippen LogP contribution < -0.4 is 22.0 Å². The van der Waals surface area contributed by atoms with Gasteiger partial charge >= 0.3 is 0 Å². The van der Waals surface area contributed by atoms with Crippen LogP contribution in [0.4, 0.5) is 22.9 Å². The number of hydroxylamine groups is 1. The van der Waals surface area contributed by atoms with E-state index in [1.54, 1.807) is 19.3 Å². The number of hydrogen-bond donors (Lipinski definition) is 3. The minimum absolute atomic E-state index is 0.241. The highest BCUT2D eigenvalue weighted by atomic mass is 16.7. The van der Waals surface area contributed by atoms with Gasteiger partial charge in [0.15, 0.2) is 18.7 Å². The predicted octanol–water partition coefficient (Wildman–Crippen LogP) is 2.94. The van der Waals surface area contributed by atoms with Gasteiger partial charge in [0.25, 0.3) is 5.91 Å². The topological polar surface area (TPSA) is 148 Å². The molecular weight excluding hydrogens is 410 g/mol. The third-order valence-corrected chi connectivity index (χ3v) is 4.44. The van der Waals surface area contributed by atoms with E-state index in [0.29, 0.717) is 34.6 Å². The number of hydrogen-bond acceptors (Lipinski definition) is 9. The number of carbonyl (C=O) groups excluding carboxylic acids is 2. The van der Waals surface area contributed by atoms with Gasteiger partial charge in [-0.1, -0.05) is 13.5 Å². The minimum atomic E-state index is -0.450. The molecule has 1 aromatic carbocycles. The number of nitrogens with zero attached hydrogens (tertiary/aromatic N) is 4. The molecule has 0 fully saturated rings. The maximum Gasteiger partial charge on any atom is 0.253 e. The average molecular weight is 438 g/mol. The Morgan fingerprint density at radius 1 is 1.41 bits per heavy atom. The first kappa shape index (κ1) is 24.2. The van der Waals surface area contributed by atoms with Crippen LogP contribution in [0.2, 0.25) is 0 Å². The number of aromatic nitrogens is 1. The number of amides is 1. The fourth-order valence-electron chi connectivity index (χ4n) is 2.79. The molecule has 5 N–H and O–H groups in total. The highest BCUT2D eigenvalue weighted by molar-refractivity contribution is 6.14. The molecule has 1 aromatic heterocycles. The third-order valence-electron chi connectivity index (χ3n) is 4.44. The van der Waals surface area contributed by atoms with Crippen LogP contribution in [0.25, 0.3) is 5.57 Å². The summed E-state index contributed by atoms with van der Waals surface area (Å²) >= 11 is 0. The number of anilines is 3. The molecule has 0 aliphatic carbocycles. The minimum Gasteiger partial charge on any atom is -0.398 e. The van der Waals surface area contributed by atoms with Gasteiger partial charge in [-0.15, -0.1) is 0 Å². The molecule has 0 bridgehead atoms. The number of pyridine rings is 1. The summed E-state index contributed by atoms with van der Waals surface area (Å²) in [5, 5.41) is 7.43. The highest BCUT2D eigenvalue weighted by Gasteiger charge is 2.14. The van der Waals surface area contributed by atoms with Crippen molar-refractivity contribution in [2.45, 2.75) is 20.3 Å². The van der Waals surface area contributed by atoms with E-state index in [4.69, 9.17) is 16.4 Å². The molecule has 0 aliphatic heterocycles. The smallest absolute Gasteiger partial charge is 0.253 e. The molecule has 168 valence electrons. The van der Waals surface area contributed by atoms with Crippen LogP contribution in [0.3, 0.4) is 0 Å². The number of benzene rings is 1. The van der Waals surface area contributed by atoms with Crippen molar-refractivity contribution in [2.24, 2.45) is 15.9 Å². The molecule has 0 radical (unpaired) electrons. The number of allylic oxidation sites excluding steroid dienone is 1. The van der Waals surface area contributed by atoms with Crippen LogP contribution >= 0.6 is 0 Å². The molecule has 2 aromatic rings. The number of nitrogens with two attached hydrogens (primary N) is 2. The van der Waals surface area contributed by atoms with Crippen molar-refractivity contribution in [1.82, 2.24) is 4.98 Å². The van der Waals surface area contributed by atoms with Gasteiger partial charge in [-0.3, -0.25) is 19.4 Å². The molecule has 1 amide bonds. The second-order valence-electron chi connectivity index (χ2n) is 6.82. The Hall–Kier alpha value is -4.05. The molecule has 0 aliphatic rings. The fourth-order valence-corrected chi connectivity index (χ4v) is 2.79. The Kier molecular flexibility index (Phi) is 8.61. The van der Waals surface area contributed by atoms with Crippen LogP contribution in [0.5, 0.6) is 0 Å². The molecule has 32 heavy (non-hydrogen) atoms. The predicted molar refractivity (Wildman–Crippen MR) is 128 cm³/mol. The Morgan fingerprint density at radius 3 is 2.81 bits per heavy atom. The van der Waals surface area contributed by atoms with E-state index in [0.717, 1.165) is 12.1 Å². The maximum atomic E-state index is 12.4. The molecule has 0 unspecified atom stereocenters. The molecule has 1 heterocycles.